The Kier molecular flexibility index (Phi) is 8.75. The third kappa shape index (κ3) is 6.71. The van der Waals surface area contributed by atoms with Crippen LogP contribution in [0.15, 0.2) is 73.3 Å². The molecule has 0 unspecified atom stereocenters. The Labute approximate surface area is 216 Å². The fourth-order valence-electron chi connectivity index (χ4n) is 4.72. The van der Waals surface area contributed by atoms with Crippen molar-refractivity contribution in [1.82, 2.24) is 14.8 Å². The maximum atomic E-state index is 14.8. The molecule has 0 spiro atoms. The van der Waals surface area contributed by atoms with Crippen molar-refractivity contribution < 1.29 is 13.9 Å². The van der Waals surface area contributed by atoms with E-state index in [2.05, 4.69) is 65.6 Å². The number of halogens is 2. The largest absolute Gasteiger partial charge is 0.382 e. The lowest BCUT2D eigenvalue weighted by atomic mass is 9.88. The van der Waals surface area contributed by atoms with Gasteiger partial charge in [-0.1, -0.05) is 67.1 Å². The van der Waals surface area contributed by atoms with E-state index in [0.717, 1.165) is 31.7 Å². The second kappa shape index (κ2) is 12.0. The molecule has 0 bridgehead atoms. The first-order valence-corrected chi connectivity index (χ1v) is 13.3. The van der Waals surface area contributed by atoms with Gasteiger partial charge in [-0.25, -0.2) is 18.4 Å². The molecular formula is C29H33F2N3OS. The molecule has 1 N–H and O–H groups in total. The van der Waals surface area contributed by atoms with E-state index in [1.165, 1.54) is 40.6 Å². The lowest BCUT2D eigenvalue weighted by molar-refractivity contribution is 0.0131. The highest BCUT2D eigenvalue weighted by molar-refractivity contribution is 8.00. The van der Waals surface area contributed by atoms with Crippen molar-refractivity contribution in [2.24, 2.45) is 5.92 Å². The summed E-state index contributed by atoms with van der Waals surface area (Å²) in [6.07, 6.45) is 15.7. The van der Waals surface area contributed by atoms with Crippen molar-refractivity contribution in [1.29, 1.82) is 0 Å². The van der Waals surface area contributed by atoms with Gasteiger partial charge >= 0.3 is 0 Å². The Bertz CT molecular complexity index is 1170. The Morgan fingerprint density at radius 1 is 1.11 bits per heavy atom. The molecule has 1 fully saturated rings. The summed E-state index contributed by atoms with van der Waals surface area (Å²) in [5.74, 6) is -0.888. The van der Waals surface area contributed by atoms with Crippen molar-refractivity contribution in [2.75, 3.05) is 0 Å². The van der Waals surface area contributed by atoms with Crippen LogP contribution in [0.4, 0.5) is 8.78 Å². The number of aromatic nitrogens is 3. The molecule has 4 nitrogen and oxygen atoms in total. The number of thioether (sulfide) groups is 1. The highest BCUT2D eigenvalue weighted by Gasteiger charge is 2.41. The van der Waals surface area contributed by atoms with E-state index in [-0.39, 0.29) is 17.4 Å². The normalized spacial score (nSPS) is 21.1. The zero-order valence-corrected chi connectivity index (χ0v) is 21.5. The van der Waals surface area contributed by atoms with Crippen LogP contribution in [0.1, 0.15) is 49.3 Å². The van der Waals surface area contributed by atoms with Gasteiger partial charge < -0.3 is 5.11 Å². The summed E-state index contributed by atoms with van der Waals surface area (Å²) in [6, 6.07) is 11.8. The van der Waals surface area contributed by atoms with E-state index in [1.54, 1.807) is 11.8 Å². The molecule has 4 rings (SSSR count). The van der Waals surface area contributed by atoms with Crippen molar-refractivity contribution in [3.63, 3.8) is 0 Å². The van der Waals surface area contributed by atoms with Gasteiger partial charge in [0.15, 0.2) is 0 Å². The minimum atomic E-state index is -1.56. The van der Waals surface area contributed by atoms with Gasteiger partial charge in [0.25, 0.3) is 0 Å². The van der Waals surface area contributed by atoms with Gasteiger partial charge in [-0.15, -0.1) is 0 Å². The molecular weight excluding hydrogens is 476 g/mol. The molecule has 0 radical (unpaired) electrons. The lowest BCUT2D eigenvalue weighted by Crippen LogP contribution is -2.42. The van der Waals surface area contributed by atoms with E-state index in [9.17, 15) is 13.9 Å². The van der Waals surface area contributed by atoms with Gasteiger partial charge in [-0.2, -0.15) is 16.9 Å². The first kappa shape index (κ1) is 26.3. The highest BCUT2D eigenvalue weighted by atomic mass is 32.2. The van der Waals surface area contributed by atoms with Gasteiger partial charge in [-0.3, -0.25) is 0 Å². The average molecular weight is 510 g/mol. The van der Waals surface area contributed by atoms with Gasteiger partial charge in [0.2, 0.25) is 0 Å². The van der Waals surface area contributed by atoms with Crippen LogP contribution in [0.3, 0.4) is 0 Å². The molecule has 0 saturated heterocycles. The molecule has 2 atom stereocenters. The van der Waals surface area contributed by atoms with Crippen LogP contribution in [0.25, 0.3) is 6.08 Å². The monoisotopic (exact) mass is 509 g/mol. The number of benzene rings is 2. The van der Waals surface area contributed by atoms with Crippen LogP contribution < -0.4 is 0 Å². The molecule has 1 aromatic heterocycles. The standard InChI is InChI=1S/C29H33F2N3OS/c1-21-7-9-23(10-8-21)5-3-4-6-24-11-14-26(15-12-24)36-22(2)29(35,18-34-20-32-19-33-34)27-16-13-25(30)17-28(27)31/h3-10,13,16-17,19-20,22,24,26,35H,11-12,14-15,18H2,1-2H3/b5-3+,6-4+/t22-,24?,26?,29-/m1/s1. The zero-order valence-electron chi connectivity index (χ0n) is 20.7. The van der Waals surface area contributed by atoms with Crippen LogP contribution in [-0.4, -0.2) is 30.4 Å². The van der Waals surface area contributed by atoms with Crippen LogP contribution in [0.5, 0.6) is 0 Å². The van der Waals surface area contributed by atoms with Crippen LogP contribution in [0.2, 0.25) is 0 Å². The molecule has 36 heavy (non-hydrogen) atoms. The Morgan fingerprint density at radius 3 is 2.53 bits per heavy atom. The number of hydrogen-bond donors (Lipinski definition) is 1. The van der Waals surface area contributed by atoms with E-state index in [0.29, 0.717) is 11.2 Å². The third-order valence-electron chi connectivity index (χ3n) is 6.92. The van der Waals surface area contributed by atoms with Crippen molar-refractivity contribution in [2.45, 2.75) is 62.2 Å². The molecule has 1 heterocycles. The molecule has 1 aliphatic carbocycles. The third-order valence-corrected chi connectivity index (χ3v) is 8.57. The summed E-state index contributed by atoms with van der Waals surface area (Å²) in [4.78, 5) is 3.94. The number of rotatable bonds is 9. The predicted molar refractivity (Wildman–Crippen MR) is 142 cm³/mol. The van der Waals surface area contributed by atoms with Crippen LogP contribution >= 0.6 is 11.8 Å². The number of aliphatic hydroxyl groups is 1. The smallest absolute Gasteiger partial charge is 0.137 e. The van der Waals surface area contributed by atoms with Crippen molar-refractivity contribution >= 4 is 17.8 Å². The SMILES string of the molecule is Cc1ccc(/C=C/C=C/C2CCC(S[C@H](C)[C@](O)(Cn3cncn3)c3ccc(F)cc3F)CC2)cc1. The maximum absolute atomic E-state index is 14.8. The van der Waals surface area contributed by atoms with Gasteiger partial charge in [0, 0.05) is 22.1 Å². The maximum Gasteiger partial charge on any atom is 0.137 e. The Hall–Kier alpha value is -2.77. The van der Waals surface area contributed by atoms with Crippen molar-refractivity contribution in [3.8, 4) is 0 Å². The minimum Gasteiger partial charge on any atom is -0.382 e. The fourth-order valence-corrected chi connectivity index (χ4v) is 6.27. The molecule has 0 aliphatic heterocycles. The van der Waals surface area contributed by atoms with E-state index in [4.69, 9.17) is 0 Å². The van der Waals surface area contributed by atoms with Crippen LogP contribution in [-0.2, 0) is 12.1 Å². The topological polar surface area (TPSA) is 50.9 Å². The first-order valence-electron chi connectivity index (χ1n) is 12.4. The van der Waals surface area contributed by atoms with Gasteiger partial charge in [0.05, 0.1) is 6.54 Å². The summed E-state index contributed by atoms with van der Waals surface area (Å²) < 4.78 is 29.8. The number of hydrogen-bond acceptors (Lipinski definition) is 4. The predicted octanol–water partition coefficient (Wildman–Crippen LogP) is 6.70. The summed E-state index contributed by atoms with van der Waals surface area (Å²) in [7, 11) is 0. The summed E-state index contributed by atoms with van der Waals surface area (Å²) in [5.41, 5.74) is 0.964. The summed E-state index contributed by atoms with van der Waals surface area (Å²) in [5, 5.41) is 15.9. The average Bonchev–Trinajstić information content (AvgIpc) is 3.36. The molecule has 1 saturated carbocycles. The lowest BCUT2D eigenvalue weighted by Gasteiger charge is -2.37. The fraction of sp³-hybridized carbons (Fsp3) is 0.379. The summed E-state index contributed by atoms with van der Waals surface area (Å²) in [6.45, 7) is 4.03. The van der Waals surface area contributed by atoms with Crippen molar-refractivity contribution in [3.05, 3.63) is 102 Å². The van der Waals surface area contributed by atoms with Gasteiger partial charge in [0.1, 0.15) is 29.9 Å². The van der Waals surface area contributed by atoms with Gasteiger partial charge in [-0.05, 0) is 50.2 Å². The second-order valence-corrected chi connectivity index (χ2v) is 11.3. The molecule has 2 aromatic carbocycles. The van der Waals surface area contributed by atoms with E-state index < -0.39 is 17.2 Å². The quantitative estimate of drug-likeness (QED) is 0.326. The minimum absolute atomic E-state index is 0.0368. The number of allylic oxidation sites excluding steroid dienone is 3. The second-order valence-electron chi connectivity index (χ2n) is 9.61. The highest BCUT2D eigenvalue weighted by Crippen LogP contribution is 2.42. The molecule has 190 valence electrons. The summed E-state index contributed by atoms with van der Waals surface area (Å²) >= 11 is 1.68. The molecule has 3 aromatic rings. The molecule has 0 amide bonds. The van der Waals surface area contributed by atoms with Crippen LogP contribution in [0, 0.1) is 24.5 Å². The van der Waals surface area contributed by atoms with E-state index in [1.807, 2.05) is 6.92 Å². The zero-order chi connectivity index (χ0) is 25.5. The van der Waals surface area contributed by atoms with E-state index >= 15 is 0 Å². The molecule has 7 heteroatoms. The Morgan fingerprint density at radius 2 is 1.86 bits per heavy atom. The first-order chi connectivity index (χ1) is 17.3. The number of nitrogens with zero attached hydrogens (tertiary/aromatic N) is 3. The Balaban J connectivity index is 1.36. The number of aryl methyl sites for hydroxylation is 1. The molecule has 1 aliphatic rings.